The van der Waals surface area contributed by atoms with E-state index in [0.29, 0.717) is 24.6 Å². The third-order valence-electron chi connectivity index (χ3n) is 3.26. The summed E-state index contributed by atoms with van der Waals surface area (Å²) in [6.45, 7) is 6.64. The van der Waals surface area contributed by atoms with E-state index in [-0.39, 0.29) is 11.1 Å². The summed E-state index contributed by atoms with van der Waals surface area (Å²) in [5.74, 6) is 1.30. The average Bonchev–Trinajstić information content (AvgIpc) is 2.35. The zero-order valence-corrected chi connectivity index (χ0v) is 10.8. The highest BCUT2D eigenvalue weighted by Gasteiger charge is 2.24. The number of H-pyrrole nitrogens is 1. The van der Waals surface area contributed by atoms with Crippen LogP contribution in [-0.2, 0) is 6.42 Å². The van der Waals surface area contributed by atoms with Gasteiger partial charge in [-0.2, -0.15) is 0 Å². The molecule has 1 rings (SSSR count). The molecule has 0 spiro atoms. The topological polar surface area (TPSA) is 83.8 Å². The van der Waals surface area contributed by atoms with Crippen LogP contribution in [0.5, 0.6) is 0 Å². The Morgan fingerprint density at radius 2 is 2.06 bits per heavy atom. The summed E-state index contributed by atoms with van der Waals surface area (Å²) in [4.78, 5) is 18.5. The van der Waals surface area contributed by atoms with E-state index in [1.807, 2.05) is 6.92 Å². The first-order chi connectivity index (χ1) is 8.09. The molecule has 0 aromatic carbocycles. The summed E-state index contributed by atoms with van der Waals surface area (Å²) in [6.07, 6.45) is 2.50. The van der Waals surface area contributed by atoms with E-state index in [1.165, 1.54) is 6.07 Å². The van der Waals surface area contributed by atoms with E-state index in [9.17, 15) is 4.79 Å². The van der Waals surface area contributed by atoms with Gasteiger partial charge in [0.05, 0.1) is 5.54 Å². The van der Waals surface area contributed by atoms with Crippen LogP contribution in [0.2, 0.25) is 0 Å². The Morgan fingerprint density at radius 1 is 1.41 bits per heavy atom. The monoisotopic (exact) mass is 238 g/mol. The number of anilines is 1. The number of nitrogens with zero attached hydrogens (tertiary/aromatic N) is 1. The van der Waals surface area contributed by atoms with Gasteiger partial charge in [-0.05, 0) is 12.8 Å². The van der Waals surface area contributed by atoms with Crippen molar-refractivity contribution in [2.45, 2.75) is 45.6 Å². The van der Waals surface area contributed by atoms with E-state index in [1.54, 1.807) is 0 Å². The number of aryl methyl sites for hydroxylation is 1. The summed E-state index contributed by atoms with van der Waals surface area (Å²) in [6, 6.07) is 1.48. The molecule has 5 nitrogen and oxygen atoms in total. The molecule has 0 aliphatic rings. The molecule has 0 fully saturated rings. The lowest BCUT2D eigenvalue weighted by atomic mass is 9.93. The van der Waals surface area contributed by atoms with Gasteiger partial charge in [0, 0.05) is 19.0 Å². The fraction of sp³-hybridized carbons (Fsp3) is 0.667. The molecule has 96 valence electrons. The van der Waals surface area contributed by atoms with Crippen molar-refractivity contribution < 1.29 is 0 Å². The number of rotatable bonds is 6. The van der Waals surface area contributed by atoms with Crippen LogP contribution in [0.4, 0.5) is 5.82 Å². The Labute approximate surface area is 102 Å². The zero-order valence-electron chi connectivity index (χ0n) is 10.8. The van der Waals surface area contributed by atoms with Gasteiger partial charge in [0.15, 0.2) is 0 Å². The highest BCUT2D eigenvalue weighted by atomic mass is 16.1. The highest BCUT2D eigenvalue weighted by Crippen LogP contribution is 2.19. The maximum atomic E-state index is 11.5. The lowest BCUT2D eigenvalue weighted by Gasteiger charge is -2.32. The fourth-order valence-electron chi connectivity index (χ4n) is 1.78. The maximum absolute atomic E-state index is 11.5. The molecule has 1 aromatic rings. The lowest BCUT2D eigenvalue weighted by molar-refractivity contribution is 0.443. The maximum Gasteiger partial charge on any atom is 0.252 e. The van der Waals surface area contributed by atoms with Gasteiger partial charge in [-0.3, -0.25) is 4.79 Å². The third-order valence-corrected chi connectivity index (χ3v) is 3.26. The first-order valence-electron chi connectivity index (χ1n) is 6.17. The molecule has 0 amide bonds. The molecule has 0 atom stereocenters. The number of aromatic amines is 1. The van der Waals surface area contributed by atoms with Crippen molar-refractivity contribution in [3.63, 3.8) is 0 Å². The molecular weight excluding hydrogens is 216 g/mol. The second kappa shape index (κ2) is 5.82. The molecule has 17 heavy (non-hydrogen) atoms. The zero-order chi connectivity index (χ0) is 12.9. The van der Waals surface area contributed by atoms with Crippen LogP contribution in [0.15, 0.2) is 10.9 Å². The van der Waals surface area contributed by atoms with Crippen LogP contribution >= 0.6 is 0 Å². The quantitative estimate of drug-likeness (QED) is 0.696. The summed E-state index contributed by atoms with van der Waals surface area (Å²) in [5, 5.41) is 3.30. The van der Waals surface area contributed by atoms with E-state index in [4.69, 9.17) is 5.73 Å². The second-order valence-electron chi connectivity index (χ2n) is 4.25. The normalized spacial score (nSPS) is 11.5. The number of hydrogen-bond donors (Lipinski definition) is 3. The first-order valence-corrected chi connectivity index (χ1v) is 6.17. The van der Waals surface area contributed by atoms with Crippen molar-refractivity contribution in [1.82, 2.24) is 9.97 Å². The van der Waals surface area contributed by atoms with E-state index >= 15 is 0 Å². The van der Waals surface area contributed by atoms with Gasteiger partial charge in [0.1, 0.15) is 11.6 Å². The second-order valence-corrected chi connectivity index (χ2v) is 4.25. The molecule has 1 aromatic heterocycles. The Kier molecular flexibility index (Phi) is 4.69. The minimum atomic E-state index is -0.175. The number of hydrogen-bond acceptors (Lipinski definition) is 4. The SMILES string of the molecule is CCc1nc(NC(CC)(CC)CN)cc(=O)[nH]1. The lowest BCUT2D eigenvalue weighted by Crippen LogP contribution is -2.44. The van der Waals surface area contributed by atoms with Crippen LogP contribution in [0, 0.1) is 0 Å². The molecule has 0 bridgehead atoms. The summed E-state index contributed by atoms with van der Waals surface area (Å²) < 4.78 is 0. The van der Waals surface area contributed by atoms with Crippen molar-refractivity contribution in [3.8, 4) is 0 Å². The highest BCUT2D eigenvalue weighted by molar-refractivity contribution is 5.37. The van der Waals surface area contributed by atoms with Crippen molar-refractivity contribution >= 4 is 5.82 Å². The van der Waals surface area contributed by atoms with E-state index < -0.39 is 0 Å². The molecule has 5 heteroatoms. The van der Waals surface area contributed by atoms with Crippen molar-refractivity contribution in [1.29, 1.82) is 0 Å². The molecule has 4 N–H and O–H groups in total. The van der Waals surface area contributed by atoms with Gasteiger partial charge in [-0.15, -0.1) is 0 Å². The van der Waals surface area contributed by atoms with E-state index in [2.05, 4.69) is 29.1 Å². The van der Waals surface area contributed by atoms with Gasteiger partial charge < -0.3 is 16.0 Å². The molecule has 0 saturated carbocycles. The predicted molar refractivity (Wildman–Crippen MR) is 70.2 cm³/mol. The van der Waals surface area contributed by atoms with Crippen LogP contribution in [0.25, 0.3) is 0 Å². The Hall–Kier alpha value is -1.36. The molecule has 0 aliphatic carbocycles. The molecular formula is C12H22N4O. The van der Waals surface area contributed by atoms with E-state index in [0.717, 1.165) is 12.8 Å². The number of nitrogens with two attached hydrogens (primary N) is 1. The molecule has 0 saturated heterocycles. The Morgan fingerprint density at radius 3 is 2.53 bits per heavy atom. The van der Waals surface area contributed by atoms with Crippen LogP contribution in [-0.4, -0.2) is 22.1 Å². The molecule has 1 heterocycles. The molecule has 0 aliphatic heterocycles. The summed E-state index contributed by atoms with van der Waals surface area (Å²) in [5.41, 5.74) is 5.51. The average molecular weight is 238 g/mol. The minimum Gasteiger partial charge on any atom is -0.363 e. The van der Waals surface area contributed by atoms with Gasteiger partial charge in [0.2, 0.25) is 0 Å². The van der Waals surface area contributed by atoms with Gasteiger partial charge in [-0.1, -0.05) is 20.8 Å². The van der Waals surface area contributed by atoms with Crippen LogP contribution < -0.4 is 16.6 Å². The summed E-state index contributed by atoms with van der Waals surface area (Å²) >= 11 is 0. The Bertz CT molecular complexity index is 401. The van der Waals surface area contributed by atoms with Gasteiger partial charge >= 0.3 is 0 Å². The van der Waals surface area contributed by atoms with Crippen molar-refractivity contribution in [2.24, 2.45) is 5.73 Å². The van der Waals surface area contributed by atoms with Gasteiger partial charge in [0.25, 0.3) is 5.56 Å². The minimum absolute atomic E-state index is 0.127. The van der Waals surface area contributed by atoms with Gasteiger partial charge in [-0.25, -0.2) is 4.98 Å². The fourth-order valence-corrected chi connectivity index (χ4v) is 1.78. The van der Waals surface area contributed by atoms with Crippen LogP contribution in [0.1, 0.15) is 39.4 Å². The van der Waals surface area contributed by atoms with Crippen LogP contribution in [0.3, 0.4) is 0 Å². The third kappa shape index (κ3) is 3.30. The Balaban J connectivity index is 3.01. The van der Waals surface area contributed by atoms with Crippen molar-refractivity contribution in [3.05, 3.63) is 22.2 Å². The standard InChI is InChI=1S/C12H22N4O/c1-4-9-14-10(7-11(17)15-9)16-12(5-2,6-3)8-13/h7H,4-6,8,13H2,1-3H3,(H2,14,15,16,17). The molecule has 0 unspecified atom stereocenters. The summed E-state index contributed by atoms with van der Waals surface area (Å²) in [7, 11) is 0. The number of nitrogens with one attached hydrogen (secondary N) is 2. The molecule has 0 radical (unpaired) electrons. The predicted octanol–water partition coefficient (Wildman–Crippen LogP) is 1.26. The van der Waals surface area contributed by atoms with Crippen molar-refractivity contribution in [2.75, 3.05) is 11.9 Å². The first kappa shape index (κ1) is 13.7. The smallest absolute Gasteiger partial charge is 0.252 e. The number of aromatic nitrogens is 2. The largest absolute Gasteiger partial charge is 0.363 e.